The third kappa shape index (κ3) is 4.03. The second-order valence-electron chi connectivity index (χ2n) is 6.18. The van der Waals surface area contributed by atoms with Gasteiger partial charge in [-0.15, -0.1) is 10.2 Å². The van der Waals surface area contributed by atoms with Crippen LogP contribution in [0.4, 0.5) is 0 Å². The summed E-state index contributed by atoms with van der Waals surface area (Å²) in [6, 6.07) is 17.3. The molecule has 144 valence electrons. The Balaban J connectivity index is 2.09. The van der Waals surface area contributed by atoms with Crippen molar-refractivity contribution in [2.24, 2.45) is 0 Å². The van der Waals surface area contributed by atoms with Gasteiger partial charge in [-0.1, -0.05) is 30.3 Å². The third-order valence-electron chi connectivity index (χ3n) is 4.48. The highest BCUT2D eigenvalue weighted by Crippen LogP contribution is 2.34. The van der Waals surface area contributed by atoms with Crippen molar-refractivity contribution < 1.29 is 9.47 Å². The normalized spacial score (nSPS) is 11.8. The first-order chi connectivity index (χ1) is 13.7. The predicted octanol–water partition coefficient (Wildman–Crippen LogP) is 3.88. The van der Waals surface area contributed by atoms with Gasteiger partial charge in [0.1, 0.15) is 5.75 Å². The van der Waals surface area contributed by atoms with Crippen LogP contribution in [0.1, 0.15) is 28.6 Å². The molecule has 0 bridgehead atoms. The lowest BCUT2D eigenvalue weighted by Crippen LogP contribution is -2.11. The molecule has 1 heterocycles. The van der Waals surface area contributed by atoms with E-state index < -0.39 is 0 Å². The van der Waals surface area contributed by atoms with Crippen LogP contribution in [0, 0.1) is 11.3 Å². The van der Waals surface area contributed by atoms with Gasteiger partial charge in [0.15, 0.2) is 11.6 Å². The molecule has 1 aromatic heterocycles. The number of hydrogen-bond donors (Lipinski definition) is 1. The van der Waals surface area contributed by atoms with Gasteiger partial charge in [-0.05, 0) is 30.2 Å². The number of thiol groups is 1. The maximum atomic E-state index is 9.45. The van der Waals surface area contributed by atoms with Crippen molar-refractivity contribution in [3.63, 3.8) is 0 Å². The highest BCUT2D eigenvalue weighted by atomic mass is 32.1. The predicted molar refractivity (Wildman–Crippen MR) is 110 cm³/mol. The van der Waals surface area contributed by atoms with Gasteiger partial charge < -0.3 is 14.0 Å². The maximum Gasteiger partial charge on any atom is 0.167 e. The zero-order valence-electron chi connectivity index (χ0n) is 15.9. The average Bonchev–Trinajstić information content (AvgIpc) is 3.17. The van der Waals surface area contributed by atoms with Crippen LogP contribution in [0.5, 0.6) is 5.75 Å². The summed E-state index contributed by atoms with van der Waals surface area (Å²) in [5.41, 5.74) is 2.24. The SMILES string of the molecule is COCCCn1c(-c2ccccc2OC)nnc1C(S)c1ccccc1C#N. The molecule has 0 fully saturated rings. The highest BCUT2D eigenvalue weighted by molar-refractivity contribution is 7.80. The molecule has 0 radical (unpaired) electrons. The van der Waals surface area contributed by atoms with Crippen molar-refractivity contribution in [1.29, 1.82) is 5.26 Å². The number of benzene rings is 2. The fraction of sp³-hybridized carbons (Fsp3) is 0.286. The van der Waals surface area contributed by atoms with Gasteiger partial charge in [0, 0.05) is 20.3 Å². The summed E-state index contributed by atoms with van der Waals surface area (Å²) in [6.45, 7) is 1.28. The van der Waals surface area contributed by atoms with Gasteiger partial charge in [0.25, 0.3) is 0 Å². The number of nitrogens with zero attached hydrogens (tertiary/aromatic N) is 4. The van der Waals surface area contributed by atoms with Gasteiger partial charge in [-0.3, -0.25) is 0 Å². The van der Waals surface area contributed by atoms with Crippen molar-refractivity contribution in [2.45, 2.75) is 18.2 Å². The van der Waals surface area contributed by atoms with E-state index in [1.807, 2.05) is 47.0 Å². The Labute approximate surface area is 170 Å². The van der Waals surface area contributed by atoms with Crippen molar-refractivity contribution in [1.82, 2.24) is 14.8 Å². The van der Waals surface area contributed by atoms with E-state index in [1.165, 1.54) is 0 Å². The first-order valence-electron chi connectivity index (χ1n) is 8.93. The number of rotatable bonds is 8. The Morgan fingerprint density at radius 3 is 2.61 bits per heavy atom. The Morgan fingerprint density at radius 2 is 1.86 bits per heavy atom. The van der Waals surface area contributed by atoms with E-state index in [1.54, 1.807) is 20.3 Å². The maximum absolute atomic E-state index is 9.45. The lowest BCUT2D eigenvalue weighted by Gasteiger charge is -2.16. The number of hydrogen-bond acceptors (Lipinski definition) is 6. The summed E-state index contributed by atoms with van der Waals surface area (Å²) in [4.78, 5) is 0. The van der Waals surface area contributed by atoms with Crippen LogP contribution in [0.2, 0.25) is 0 Å². The minimum atomic E-state index is -0.380. The fourth-order valence-electron chi connectivity index (χ4n) is 3.11. The molecule has 6 nitrogen and oxygen atoms in total. The third-order valence-corrected chi connectivity index (χ3v) is 4.99. The van der Waals surface area contributed by atoms with E-state index in [-0.39, 0.29) is 5.25 Å². The summed E-state index contributed by atoms with van der Waals surface area (Å²) < 4.78 is 12.7. The van der Waals surface area contributed by atoms with Gasteiger partial charge in [0.2, 0.25) is 0 Å². The summed E-state index contributed by atoms with van der Waals surface area (Å²) >= 11 is 4.79. The standard InChI is InChI=1S/C21H22N4O2S/c1-26-13-7-12-25-20(17-10-5-6-11-18(17)27-2)23-24-21(25)19(28)16-9-4-3-8-15(16)14-22/h3-6,8-11,19,28H,7,12-13H2,1-2H3. The molecular formula is C21H22N4O2S. The molecule has 0 aliphatic rings. The smallest absolute Gasteiger partial charge is 0.167 e. The molecule has 0 aliphatic heterocycles. The van der Waals surface area contributed by atoms with Crippen molar-refractivity contribution >= 4 is 12.6 Å². The molecule has 1 atom stereocenters. The quantitative estimate of drug-likeness (QED) is 0.464. The van der Waals surface area contributed by atoms with Gasteiger partial charge in [-0.2, -0.15) is 17.9 Å². The van der Waals surface area contributed by atoms with E-state index in [2.05, 4.69) is 16.3 Å². The molecule has 0 spiro atoms. The molecule has 0 amide bonds. The van der Waals surface area contributed by atoms with Gasteiger partial charge >= 0.3 is 0 Å². The second kappa shape index (κ2) is 9.40. The zero-order chi connectivity index (χ0) is 19.9. The number of nitriles is 1. The van der Waals surface area contributed by atoms with Crippen LogP contribution in [0.3, 0.4) is 0 Å². The lowest BCUT2D eigenvalue weighted by molar-refractivity contribution is 0.190. The number of ether oxygens (including phenoxy) is 2. The Morgan fingerprint density at radius 1 is 1.11 bits per heavy atom. The monoisotopic (exact) mass is 394 g/mol. The second-order valence-corrected chi connectivity index (χ2v) is 6.70. The Kier molecular flexibility index (Phi) is 6.69. The van der Waals surface area contributed by atoms with Crippen LogP contribution in [-0.2, 0) is 11.3 Å². The summed E-state index contributed by atoms with van der Waals surface area (Å²) in [5, 5.41) is 17.9. The van der Waals surface area contributed by atoms with Crippen LogP contribution in [-0.4, -0.2) is 35.6 Å². The first kappa shape index (κ1) is 19.9. The van der Waals surface area contributed by atoms with Crippen LogP contribution < -0.4 is 4.74 Å². The molecular weight excluding hydrogens is 372 g/mol. The van der Waals surface area contributed by atoms with Crippen molar-refractivity contribution in [2.75, 3.05) is 20.8 Å². The number of aromatic nitrogens is 3. The minimum absolute atomic E-state index is 0.380. The molecule has 2 aromatic carbocycles. The topological polar surface area (TPSA) is 73.0 Å². The van der Waals surface area contributed by atoms with Crippen LogP contribution >= 0.6 is 12.6 Å². The minimum Gasteiger partial charge on any atom is -0.496 e. The lowest BCUT2D eigenvalue weighted by atomic mass is 10.0. The molecule has 3 aromatic rings. The zero-order valence-corrected chi connectivity index (χ0v) is 16.8. The first-order valence-corrected chi connectivity index (χ1v) is 9.45. The fourth-order valence-corrected chi connectivity index (χ4v) is 3.53. The average molecular weight is 395 g/mol. The molecule has 7 heteroatoms. The molecule has 0 aliphatic carbocycles. The number of para-hydroxylation sites is 1. The van der Waals surface area contributed by atoms with Crippen LogP contribution in [0.25, 0.3) is 11.4 Å². The van der Waals surface area contributed by atoms with E-state index in [9.17, 15) is 5.26 Å². The van der Waals surface area contributed by atoms with Crippen molar-refractivity contribution in [3.05, 3.63) is 65.5 Å². The molecule has 1 unspecified atom stereocenters. The van der Waals surface area contributed by atoms with Gasteiger partial charge in [0.05, 0.1) is 29.6 Å². The molecule has 0 saturated heterocycles. The van der Waals surface area contributed by atoms with E-state index in [4.69, 9.17) is 22.1 Å². The molecule has 28 heavy (non-hydrogen) atoms. The van der Waals surface area contributed by atoms with Gasteiger partial charge in [-0.25, -0.2) is 0 Å². The summed E-state index contributed by atoms with van der Waals surface area (Å²) in [6.07, 6.45) is 0.796. The Bertz CT molecular complexity index is 981. The molecule has 3 rings (SSSR count). The van der Waals surface area contributed by atoms with E-state index >= 15 is 0 Å². The number of methoxy groups -OCH3 is 2. The molecule has 0 N–H and O–H groups in total. The van der Waals surface area contributed by atoms with E-state index in [0.29, 0.717) is 30.4 Å². The van der Waals surface area contributed by atoms with Crippen LogP contribution in [0.15, 0.2) is 48.5 Å². The van der Waals surface area contributed by atoms with E-state index in [0.717, 1.165) is 23.3 Å². The van der Waals surface area contributed by atoms with Crippen molar-refractivity contribution in [3.8, 4) is 23.2 Å². The largest absolute Gasteiger partial charge is 0.496 e. The highest BCUT2D eigenvalue weighted by Gasteiger charge is 2.23. The molecule has 0 saturated carbocycles. The summed E-state index contributed by atoms with van der Waals surface area (Å²) in [5.74, 6) is 2.11. The Hall–Kier alpha value is -2.82. The summed E-state index contributed by atoms with van der Waals surface area (Å²) in [7, 11) is 3.31.